The smallest absolute Gasteiger partial charge is 0.406 e. The Morgan fingerprint density at radius 2 is 2.04 bits per heavy atom. The molecule has 0 saturated heterocycles. The quantitative estimate of drug-likeness (QED) is 0.710. The molecule has 0 fully saturated rings. The van der Waals surface area contributed by atoms with E-state index in [1.54, 1.807) is 13.0 Å². The Hall–Kier alpha value is -3.54. The number of nitrogen functional groups attached to an aromatic ring is 1. The predicted octanol–water partition coefficient (Wildman–Crippen LogP) is 3.36. The molecule has 3 aromatic rings. The minimum atomic E-state index is -4.82. The highest BCUT2D eigenvalue weighted by Crippen LogP contribution is 2.28. The van der Waals surface area contributed by atoms with Gasteiger partial charge in [-0.25, -0.2) is 4.98 Å². The maximum absolute atomic E-state index is 12.5. The van der Waals surface area contributed by atoms with Crippen LogP contribution in [0.2, 0.25) is 0 Å². The van der Waals surface area contributed by atoms with Gasteiger partial charge >= 0.3 is 6.36 Å². The highest BCUT2D eigenvalue weighted by atomic mass is 19.4. The van der Waals surface area contributed by atoms with Gasteiger partial charge in [0.2, 0.25) is 0 Å². The average molecular weight is 374 g/mol. The van der Waals surface area contributed by atoms with E-state index in [4.69, 9.17) is 5.73 Å². The highest BCUT2D eigenvalue weighted by Gasteiger charge is 2.31. The zero-order valence-corrected chi connectivity index (χ0v) is 14.0. The van der Waals surface area contributed by atoms with Gasteiger partial charge in [-0.2, -0.15) is 5.26 Å². The second kappa shape index (κ2) is 6.64. The van der Waals surface area contributed by atoms with Crippen LogP contribution in [0.1, 0.15) is 24.1 Å². The number of ether oxygens (including phenoxy) is 1. The number of nitriles is 1. The van der Waals surface area contributed by atoms with Crippen molar-refractivity contribution in [3.63, 3.8) is 0 Å². The first kappa shape index (κ1) is 18.3. The molecule has 3 rings (SSSR count). The van der Waals surface area contributed by atoms with Crippen molar-refractivity contribution in [1.82, 2.24) is 9.55 Å². The van der Waals surface area contributed by atoms with Gasteiger partial charge in [0, 0.05) is 0 Å². The fourth-order valence-electron chi connectivity index (χ4n) is 2.81. The number of nitrogens with two attached hydrogens (primary N) is 1. The fourth-order valence-corrected chi connectivity index (χ4v) is 2.81. The van der Waals surface area contributed by atoms with Crippen molar-refractivity contribution >= 4 is 16.7 Å². The van der Waals surface area contributed by atoms with Gasteiger partial charge in [-0.1, -0.05) is 12.1 Å². The summed E-state index contributed by atoms with van der Waals surface area (Å²) in [5, 5.41) is 9.18. The number of halogens is 3. The van der Waals surface area contributed by atoms with E-state index in [2.05, 4.69) is 9.72 Å². The van der Waals surface area contributed by atoms with E-state index in [0.29, 0.717) is 16.6 Å². The van der Waals surface area contributed by atoms with Crippen molar-refractivity contribution in [2.45, 2.75) is 19.3 Å². The summed E-state index contributed by atoms with van der Waals surface area (Å²) in [4.78, 5) is 16.4. The maximum atomic E-state index is 12.5. The largest absolute Gasteiger partial charge is 0.573 e. The Balaban J connectivity index is 2.15. The number of anilines is 1. The van der Waals surface area contributed by atoms with Crippen LogP contribution in [-0.4, -0.2) is 15.9 Å². The van der Waals surface area contributed by atoms with Crippen molar-refractivity contribution in [3.8, 4) is 11.8 Å². The minimum absolute atomic E-state index is 0.171. The van der Waals surface area contributed by atoms with Gasteiger partial charge in [0.25, 0.3) is 5.56 Å². The summed E-state index contributed by atoms with van der Waals surface area (Å²) < 4.78 is 42.7. The molecule has 1 aromatic heterocycles. The Morgan fingerprint density at radius 3 is 2.70 bits per heavy atom. The van der Waals surface area contributed by atoms with Gasteiger partial charge in [0.15, 0.2) is 0 Å². The number of hydrogen-bond acceptors (Lipinski definition) is 5. The summed E-state index contributed by atoms with van der Waals surface area (Å²) in [5.74, 6) is -0.389. The van der Waals surface area contributed by atoms with E-state index < -0.39 is 18.0 Å². The molecule has 6 nitrogen and oxygen atoms in total. The second-order valence-electron chi connectivity index (χ2n) is 5.80. The number of nitrogens with zero attached hydrogens (tertiary/aromatic N) is 3. The first-order valence-electron chi connectivity index (χ1n) is 7.76. The summed E-state index contributed by atoms with van der Waals surface area (Å²) in [7, 11) is 0. The highest BCUT2D eigenvalue weighted by molar-refractivity contribution is 5.82. The average Bonchev–Trinajstić information content (AvgIpc) is 2.59. The Kier molecular flexibility index (Phi) is 4.49. The fraction of sp³-hybridized carbons (Fsp3) is 0.167. The standard InChI is InChI=1S/C18H13F3N4O2/c1-10(11-3-2-4-13(5-11)27-18(19,20)21)25-16-6-12(8-22)14(23)7-15(16)24-9-17(25)26/h2-7,9-10H,23H2,1H3/t10-/m0/s1. The van der Waals surface area contributed by atoms with Crippen molar-refractivity contribution in [2.75, 3.05) is 5.73 Å². The Labute approximate surface area is 151 Å². The van der Waals surface area contributed by atoms with Crippen LogP contribution in [0.4, 0.5) is 18.9 Å². The monoisotopic (exact) mass is 374 g/mol. The molecule has 1 heterocycles. The van der Waals surface area contributed by atoms with Crippen molar-refractivity contribution in [3.05, 3.63) is 64.1 Å². The lowest BCUT2D eigenvalue weighted by molar-refractivity contribution is -0.274. The lowest BCUT2D eigenvalue weighted by Crippen LogP contribution is -2.24. The van der Waals surface area contributed by atoms with E-state index in [0.717, 1.165) is 6.20 Å². The molecule has 2 aromatic carbocycles. The summed E-state index contributed by atoms with van der Waals surface area (Å²) in [6.07, 6.45) is -3.72. The topological polar surface area (TPSA) is 93.9 Å². The van der Waals surface area contributed by atoms with E-state index in [1.807, 2.05) is 6.07 Å². The van der Waals surface area contributed by atoms with Gasteiger partial charge in [-0.15, -0.1) is 13.2 Å². The van der Waals surface area contributed by atoms with E-state index in [9.17, 15) is 23.2 Å². The summed E-state index contributed by atoms with van der Waals surface area (Å²) >= 11 is 0. The Bertz CT molecular complexity index is 1120. The molecule has 2 N–H and O–H groups in total. The number of fused-ring (bicyclic) bond motifs is 1. The molecule has 1 atom stereocenters. The van der Waals surface area contributed by atoms with Gasteiger partial charge in [0.1, 0.15) is 11.8 Å². The van der Waals surface area contributed by atoms with Gasteiger partial charge in [-0.3, -0.25) is 9.36 Å². The van der Waals surface area contributed by atoms with Crippen molar-refractivity contribution in [2.24, 2.45) is 0 Å². The minimum Gasteiger partial charge on any atom is -0.406 e. The lowest BCUT2D eigenvalue weighted by Gasteiger charge is -2.19. The molecule has 0 spiro atoms. The first-order chi connectivity index (χ1) is 12.7. The van der Waals surface area contributed by atoms with Crippen LogP contribution in [0.5, 0.6) is 5.75 Å². The zero-order chi connectivity index (χ0) is 19.8. The maximum Gasteiger partial charge on any atom is 0.573 e. The van der Waals surface area contributed by atoms with Crippen LogP contribution in [0, 0.1) is 11.3 Å². The SMILES string of the molecule is C[C@@H](c1cccc(OC(F)(F)F)c1)n1c(=O)cnc2cc(N)c(C#N)cc21. The molecular weight excluding hydrogens is 361 g/mol. The number of aromatic nitrogens is 2. The molecule has 27 heavy (non-hydrogen) atoms. The Morgan fingerprint density at radius 1 is 1.30 bits per heavy atom. The molecule has 0 radical (unpaired) electrons. The summed E-state index contributed by atoms with van der Waals surface area (Å²) in [6, 6.07) is 9.56. The van der Waals surface area contributed by atoms with Crippen LogP contribution in [-0.2, 0) is 0 Å². The molecule has 138 valence electrons. The third-order valence-corrected chi connectivity index (χ3v) is 4.04. The number of hydrogen-bond donors (Lipinski definition) is 1. The molecule has 0 aliphatic carbocycles. The van der Waals surface area contributed by atoms with E-state index in [1.165, 1.54) is 34.9 Å². The molecule has 0 amide bonds. The summed E-state index contributed by atoms with van der Waals surface area (Å²) in [6.45, 7) is 1.65. The summed E-state index contributed by atoms with van der Waals surface area (Å²) in [5.41, 5.74) is 6.86. The van der Waals surface area contributed by atoms with Crippen LogP contribution in [0.15, 0.2) is 47.4 Å². The zero-order valence-electron chi connectivity index (χ0n) is 14.0. The van der Waals surface area contributed by atoms with Crippen LogP contribution < -0.4 is 16.0 Å². The number of benzene rings is 2. The molecule has 0 unspecified atom stereocenters. The molecular formula is C18H13F3N4O2. The third kappa shape index (κ3) is 3.69. The molecule has 9 heteroatoms. The number of alkyl halides is 3. The van der Waals surface area contributed by atoms with E-state index in [-0.39, 0.29) is 17.0 Å². The van der Waals surface area contributed by atoms with Crippen molar-refractivity contribution in [1.29, 1.82) is 5.26 Å². The van der Waals surface area contributed by atoms with Crippen molar-refractivity contribution < 1.29 is 17.9 Å². The van der Waals surface area contributed by atoms with Crippen LogP contribution >= 0.6 is 0 Å². The van der Waals surface area contributed by atoms with Crippen LogP contribution in [0.25, 0.3) is 11.0 Å². The predicted molar refractivity (Wildman–Crippen MR) is 92.1 cm³/mol. The molecule has 0 saturated carbocycles. The van der Waals surface area contributed by atoms with E-state index >= 15 is 0 Å². The molecule has 0 aliphatic heterocycles. The van der Waals surface area contributed by atoms with Gasteiger partial charge < -0.3 is 10.5 Å². The first-order valence-corrected chi connectivity index (χ1v) is 7.76. The third-order valence-electron chi connectivity index (χ3n) is 4.04. The second-order valence-corrected chi connectivity index (χ2v) is 5.80. The van der Waals surface area contributed by atoms with Gasteiger partial charge in [0.05, 0.1) is 34.5 Å². The number of rotatable bonds is 3. The normalized spacial score (nSPS) is 12.6. The molecule has 0 bridgehead atoms. The van der Waals surface area contributed by atoms with Crippen LogP contribution in [0.3, 0.4) is 0 Å². The van der Waals surface area contributed by atoms with Gasteiger partial charge in [-0.05, 0) is 36.8 Å². The molecule has 0 aliphatic rings. The lowest BCUT2D eigenvalue weighted by atomic mass is 10.1.